The van der Waals surface area contributed by atoms with E-state index in [4.69, 9.17) is 23.2 Å². The predicted octanol–water partition coefficient (Wildman–Crippen LogP) is 2.59. The van der Waals surface area contributed by atoms with Crippen molar-refractivity contribution in [3.05, 3.63) is 28.2 Å². The quantitative estimate of drug-likeness (QED) is 0.790. The topological polar surface area (TPSA) is 44.4 Å². The summed E-state index contributed by atoms with van der Waals surface area (Å²) in [5.74, 6) is 0. The fraction of sp³-hybridized carbons (Fsp3) is 0.222. The average Bonchev–Trinajstić information content (AvgIpc) is 2.22. The van der Waals surface area contributed by atoms with Crippen molar-refractivity contribution in [1.82, 2.24) is 10.4 Å². The number of carbonyl (C=O) groups excluding carboxylic acids is 1. The molecule has 0 aromatic heterocycles. The zero-order chi connectivity index (χ0) is 11.4. The summed E-state index contributed by atoms with van der Waals surface area (Å²) in [4.78, 5) is 11.4. The molecule has 0 bridgehead atoms. The summed E-state index contributed by atoms with van der Waals surface area (Å²) in [7, 11) is 3.25. The zero-order valence-corrected chi connectivity index (χ0v) is 9.86. The number of nitrogens with zero attached hydrogens (tertiary/aromatic N) is 1. The molecule has 82 valence electrons. The van der Waals surface area contributed by atoms with E-state index in [9.17, 15) is 4.79 Å². The molecule has 15 heavy (non-hydrogen) atoms. The number of halogens is 2. The van der Waals surface area contributed by atoms with Crippen molar-refractivity contribution in [2.75, 3.05) is 19.4 Å². The summed E-state index contributed by atoms with van der Waals surface area (Å²) >= 11 is 11.5. The van der Waals surface area contributed by atoms with E-state index in [0.717, 1.165) is 0 Å². The van der Waals surface area contributed by atoms with Gasteiger partial charge in [-0.3, -0.25) is 5.01 Å². The maximum absolute atomic E-state index is 11.4. The number of hydrazine groups is 1. The fourth-order valence-electron chi connectivity index (χ4n) is 0.883. The lowest BCUT2D eigenvalue weighted by Gasteiger charge is -2.16. The van der Waals surface area contributed by atoms with Crippen molar-refractivity contribution in [2.24, 2.45) is 0 Å². The first-order valence-corrected chi connectivity index (χ1v) is 4.97. The van der Waals surface area contributed by atoms with Crippen molar-refractivity contribution < 1.29 is 4.79 Å². The molecule has 0 saturated heterocycles. The molecule has 4 nitrogen and oxygen atoms in total. The number of amides is 2. The van der Waals surface area contributed by atoms with Crippen molar-refractivity contribution in [3.8, 4) is 0 Å². The molecule has 1 aromatic carbocycles. The smallest absolute Gasteiger partial charge is 0.307 e. The summed E-state index contributed by atoms with van der Waals surface area (Å²) in [5, 5.41) is 4.81. The van der Waals surface area contributed by atoms with Crippen molar-refractivity contribution in [3.63, 3.8) is 0 Å². The summed E-state index contributed by atoms with van der Waals surface area (Å²) < 4.78 is 0. The van der Waals surface area contributed by atoms with Crippen LogP contribution in [0.3, 0.4) is 0 Å². The molecule has 0 unspecified atom stereocenters. The van der Waals surface area contributed by atoms with Gasteiger partial charge in [0.25, 0.3) is 0 Å². The van der Waals surface area contributed by atoms with E-state index < -0.39 is 0 Å². The Balaban J connectivity index is 2.73. The first-order chi connectivity index (χ1) is 7.04. The van der Waals surface area contributed by atoms with Gasteiger partial charge in [-0.2, -0.15) is 0 Å². The van der Waals surface area contributed by atoms with Crippen LogP contribution in [0, 0.1) is 0 Å². The third-order valence-electron chi connectivity index (χ3n) is 1.81. The first kappa shape index (κ1) is 12.1. The van der Waals surface area contributed by atoms with Gasteiger partial charge in [0.15, 0.2) is 0 Å². The maximum atomic E-state index is 11.4. The normalized spacial score (nSPS) is 9.87. The molecule has 0 atom stereocenters. The number of nitrogens with one attached hydrogen (secondary N) is 2. The minimum absolute atomic E-state index is 0.282. The molecule has 0 aliphatic rings. The third kappa shape index (κ3) is 3.27. The van der Waals surface area contributed by atoms with Gasteiger partial charge in [-0.05, 0) is 18.2 Å². The Morgan fingerprint density at radius 2 is 2.00 bits per heavy atom. The van der Waals surface area contributed by atoms with Gasteiger partial charge in [0, 0.05) is 19.8 Å². The highest BCUT2D eigenvalue weighted by Gasteiger charge is 2.07. The second-order valence-corrected chi connectivity index (χ2v) is 3.66. The Labute approximate surface area is 98.1 Å². The second kappa shape index (κ2) is 5.21. The van der Waals surface area contributed by atoms with Gasteiger partial charge in [0.1, 0.15) is 0 Å². The Morgan fingerprint density at radius 3 is 2.53 bits per heavy atom. The van der Waals surface area contributed by atoms with E-state index in [0.29, 0.717) is 15.7 Å². The molecule has 0 radical (unpaired) electrons. The van der Waals surface area contributed by atoms with Crippen LogP contribution in [-0.2, 0) is 0 Å². The zero-order valence-electron chi connectivity index (χ0n) is 8.34. The molecule has 2 N–H and O–H groups in total. The van der Waals surface area contributed by atoms with Crippen LogP contribution < -0.4 is 10.7 Å². The van der Waals surface area contributed by atoms with Crippen LogP contribution in [0.1, 0.15) is 0 Å². The minimum atomic E-state index is -0.282. The van der Waals surface area contributed by atoms with Gasteiger partial charge in [-0.1, -0.05) is 23.2 Å². The molecular formula is C9H11Cl2N3O. The Morgan fingerprint density at radius 1 is 1.33 bits per heavy atom. The predicted molar refractivity (Wildman–Crippen MR) is 62.3 cm³/mol. The second-order valence-electron chi connectivity index (χ2n) is 2.84. The van der Waals surface area contributed by atoms with Crippen LogP contribution in [-0.4, -0.2) is 25.1 Å². The molecule has 0 aliphatic carbocycles. The van der Waals surface area contributed by atoms with E-state index >= 15 is 0 Å². The first-order valence-electron chi connectivity index (χ1n) is 4.21. The fourth-order valence-corrected chi connectivity index (χ4v) is 1.18. The number of benzene rings is 1. The summed E-state index contributed by atoms with van der Waals surface area (Å²) in [6.45, 7) is 0. The minimum Gasteiger partial charge on any atom is -0.307 e. The molecule has 1 rings (SSSR count). The maximum Gasteiger partial charge on any atom is 0.335 e. The standard InChI is InChI=1S/C9H11Cl2N3O/c1-12-14(2)9(15)13-6-3-4-7(10)8(11)5-6/h3-5,12H,1-2H3,(H,13,15). The van der Waals surface area contributed by atoms with E-state index in [1.807, 2.05) is 0 Å². The van der Waals surface area contributed by atoms with Gasteiger partial charge in [0.2, 0.25) is 0 Å². The van der Waals surface area contributed by atoms with E-state index in [-0.39, 0.29) is 6.03 Å². The number of rotatable bonds is 2. The molecule has 0 aliphatic heterocycles. The van der Waals surface area contributed by atoms with E-state index in [1.165, 1.54) is 5.01 Å². The van der Waals surface area contributed by atoms with Crippen LogP contribution >= 0.6 is 23.2 Å². The summed E-state index contributed by atoms with van der Waals surface area (Å²) in [5.41, 5.74) is 3.27. The molecule has 0 spiro atoms. The molecule has 6 heteroatoms. The van der Waals surface area contributed by atoms with Crippen LogP contribution in [0.25, 0.3) is 0 Å². The van der Waals surface area contributed by atoms with Gasteiger partial charge in [-0.25, -0.2) is 10.2 Å². The molecule has 0 saturated carbocycles. The Hall–Kier alpha value is -0.970. The highest BCUT2D eigenvalue weighted by Crippen LogP contribution is 2.24. The average molecular weight is 248 g/mol. The summed E-state index contributed by atoms with van der Waals surface area (Å²) in [6.07, 6.45) is 0. The van der Waals surface area contributed by atoms with Crippen molar-refractivity contribution in [1.29, 1.82) is 0 Å². The lowest BCUT2D eigenvalue weighted by atomic mass is 10.3. The number of hydrogen-bond donors (Lipinski definition) is 2. The molecule has 2 amide bonds. The van der Waals surface area contributed by atoms with Crippen LogP contribution in [0.4, 0.5) is 10.5 Å². The Bertz CT molecular complexity index is 370. The molecule has 1 aromatic rings. The number of urea groups is 1. The van der Waals surface area contributed by atoms with Crippen molar-refractivity contribution >= 4 is 34.9 Å². The highest BCUT2D eigenvalue weighted by atomic mass is 35.5. The van der Waals surface area contributed by atoms with E-state index in [2.05, 4.69) is 10.7 Å². The van der Waals surface area contributed by atoms with Gasteiger partial charge < -0.3 is 5.32 Å². The highest BCUT2D eigenvalue weighted by molar-refractivity contribution is 6.42. The third-order valence-corrected chi connectivity index (χ3v) is 2.55. The Kier molecular flexibility index (Phi) is 4.20. The number of anilines is 1. The molecular weight excluding hydrogens is 237 g/mol. The van der Waals surface area contributed by atoms with Gasteiger partial charge in [-0.15, -0.1) is 0 Å². The lowest BCUT2D eigenvalue weighted by Crippen LogP contribution is -2.39. The van der Waals surface area contributed by atoms with Crippen LogP contribution in [0.2, 0.25) is 10.0 Å². The van der Waals surface area contributed by atoms with Gasteiger partial charge >= 0.3 is 6.03 Å². The van der Waals surface area contributed by atoms with Crippen molar-refractivity contribution in [2.45, 2.75) is 0 Å². The lowest BCUT2D eigenvalue weighted by molar-refractivity contribution is 0.207. The van der Waals surface area contributed by atoms with Crippen LogP contribution in [0.5, 0.6) is 0 Å². The monoisotopic (exact) mass is 247 g/mol. The molecule has 0 fully saturated rings. The summed E-state index contributed by atoms with van der Waals surface area (Å²) in [6, 6.07) is 4.61. The number of carbonyl (C=O) groups is 1. The van der Waals surface area contributed by atoms with Crippen LogP contribution in [0.15, 0.2) is 18.2 Å². The SMILES string of the molecule is CNN(C)C(=O)Nc1ccc(Cl)c(Cl)c1. The number of hydrogen-bond acceptors (Lipinski definition) is 2. The van der Waals surface area contributed by atoms with E-state index in [1.54, 1.807) is 32.3 Å². The largest absolute Gasteiger partial charge is 0.335 e. The van der Waals surface area contributed by atoms with Gasteiger partial charge in [0.05, 0.1) is 10.0 Å². The molecule has 0 heterocycles.